The molecule has 73 heavy (non-hydrogen) atoms. The molecule has 0 aliphatic heterocycles. The maximum Gasteiger partial charge on any atom is 0.294 e. The Bertz CT molecular complexity index is 3150. The van der Waals surface area contributed by atoms with Crippen LogP contribution in [0.25, 0.3) is 33.5 Å². The number of nitrogens with two attached hydrogens (primary N) is 1. The van der Waals surface area contributed by atoms with Crippen LogP contribution < -0.4 is 20.9 Å². The van der Waals surface area contributed by atoms with E-state index in [9.17, 15) is 20.2 Å². The standard InChI is InChI=1S/C25H30N8O2.C13H11ClN4.C12H20N4O2.CH4.FH/c1-6-18-15-26-25(29-24(18)19-16-27-32-10-8-7-9-21(19)32)28-20-14-23(33(34)35)22(13-17(20)2)31(5)12-11-30(3)4;1-2-9-7-15-13(14)17-12(9)10-8-16-18-6-4-3-5-11(10)18;1-9-7-11(15(4)6-5-14(2)3)12(16(17)18)8-10(9)13;;/h7-10,13-16H,6,11-12H2,1-5H3,(H,26,28,29);3-8H,2H2,1H3;7-8H,5-6,13H2,1-4H3;1H4;1H. The van der Waals surface area contributed by atoms with Gasteiger partial charge in [0.1, 0.15) is 11.4 Å². The van der Waals surface area contributed by atoms with E-state index in [1.807, 2.05) is 146 Å². The molecule has 6 aromatic heterocycles. The quantitative estimate of drug-likeness (QED) is 0.0398. The summed E-state index contributed by atoms with van der Waals surface area (Å²) in [6, 6.07) is 18.4. The minimum atomic E-state index is -0.392. The third-order valence-electron chi connectivity index (χ3n) is 11.7. The molecule has 0 amide bonds. The summed E-state index contributed by atoms with van der Waals surface area (Å²) in [5.41, 5.74) is 17.3. The second kappa shape index (κ2) is 26.0. The first kappa shape index (κ1) is 57.7. The van der Waals surface area contributed by atoms with Gasteiger partial charge in [-0.25, -0.2) is 29.0 Å². The third kappa shape index (κ3) is 14.2. The van der Waals surface area contributed by atoms with Crippen LogP contribution in [-0.2, 0) is 12.8 Å². The lowest BCUT2D eigenvalue weighted by Gasteiger charge is -2.22. The Kier molecular flexibility index (Phi) is 20.6. The highest BCUT2D eigenvalue weighted by Gasteiger charge is 2.22. The average Bonchev–Trinajstić information content (AvgIpc) is 3.99. The molecule has 22 heteroatoms. The lowest BCUT2D eigenvalue weighted by atomic mass is 10.1. The zero-order valence-electron chi connectivity index (χ0n) is 42.2. The highest BCUT2D eigenvalue weighted by Crippen LogP contribution is 2.36. The van der Waals surface area contributed by atoms with Gasteiger partial charge in [-0.15, -0.1) is 0 Å². The van der Waals surface area contributed by atoms with Crippen molar-refractivity contribution >= 4 is 62.7 Å². The summed E-state index contributed by atoms with van der Waals surface area (Å²) in [6.45, 7) is 10.9. The van der Waals surface area contributed by atoms with Gasteiger partial charge in [0, 0.05) is 94.0 Å². The van der Waals surface area contributed by atoms with Crippen molar-refractivity contribution in [3.63, 3.8) is 0 Å². The van der Waals surface area contributed by atoms with Crippen LogP contribution >= 0.6 is 11.6 Å². The molecule has 0 aliphatic rings. The second-order valence-electron chi connectivity index (χ2n) is 17.4. The molecule has 0 atom stereocenters. The van der Waals surface area contributed by atoms with Crippen LogP contribution in [0.15, 0.2) is 97.8 Å². The molecule has 3 N–H and O–H groups in total. The Morgan fingerprint density at radius 2 is 1.12 bits per heavy atom. The second-order valence-corrected chi connectivity index (χ2v) is 17.7. The first-order valence-corrected chi connectivity index (χ1v) is 23.3. The number of nitrogen functional groups attached to an aromatic ring is 1. The smallest absolute Gasteiger partial charge is 0.294 e. The van der Waals surface area contributed by atoms with Gasteiger partial charge in [0.05, 0.1) is 50.3 Å². The van der Waals surface area contributed by atoms with Crippen LogP contribution in [-0.4, -0.2) is 127 Å². The molecular formula is C51H66ClFN16O4. The van der Waals surface area contributed by atoms with E-state index in [2.05, 4.69) is 44.3 Å². The molecule has 0 aliphatic carbocycles. The molecule has 0 unspecified atom stereocenters. The van der Waals surface area contributed by atoms with E-state index in [-0.39, 0.29) is 33.7 Å². The maximum atomic E-state index is 11.9. The van der Waals surface area contributed by atoms with Crippen molar-refractivity contribution in [3.05, 3.63) is 146 Å². The van der Waals surface area contributed by atoms with E-state index >= 15 is 0 Å². The van der Waals surface area contributed by atoms with Gasteiger partial charge in [-0.2, -0.15) is 10.2 Å². The molecule has 0 radical (unpaired) electrons. The summed E-state index contributed by atoms with van der Waals surface area (Å²) < 4.78 is 3.63. The number of nitrogens with one attached hydrogen (secondary N) is 1. The van der Waals surface area contributed by atoms with Crippen molar-refractivity contribution in [1.82, 2.24) is 49.0 Å². The molecular weight excluding hydrogens is 955 g/mol. The van der Waals surface area contributed by atoms with E-state index in [0.717, 1.165) is 88.3 Å². The molecule has 8 rings (SSSR count). The summed E-state index contributed by atoms with van der Waals surface area (Å²) in [5.74, 6) is 0.374. The minimum Gasteiger partial charge on any atom is -0.398 e. The lowest BCUT2D eigenvalue weighted by molar-refractivity contribution is -0.384. The van der Waals surface area contributed by atoms with Crippen molar-refractivity contribution in [1.29, 1.82) is 0 Å². The van der Waals surface area contributed by atoms with Gasteiger partial charge in [-0.3, -0.25) is 24.9 Å². The number of pyridine rings is 2. The number of fused-ring (bicyclic) bond motifs is 2. The minimum absolute atomic E-state index is 0. The summed E-state index contributed by atoms with van der Waals surface area (Å²) in [4.78, 5) is 47.7. The van der Waals surface area contributed by atoms with E-state index in [1.54, 1.807) is 30.7 Å². The van der Waals surface area contributed by atoms with Crippen LogP contribution in [0.3, 0.4) is 0 Å². The van der Waals surface area contributed by atoms with Crippen LogP contribution in [0.1, 0.15) is 43.5 Å². The third-order valence-corrected chi connectivity index (χ3v) is 11.9. The summed E-state index contributed by atoms with van der Waals surface area (Å²) in [5, 5.41) is 35.2. The molecule has 8 aromatic rings. The van der Waals surface area contributed by atoms with E-state index < -0.39 is 4.92 Å². The number of aryl methyl sites for hydroxylation is 4. The van der Waals surface area contributed by atoms with Gasteiger partial charge in [-0.1, -0.05) is 33.4 Å². The fourth-order valence-electron chi connectivity index (χ4n) is 7.55. The molecule has 2 aromatic carbocycles. The molecule has 0 saturated carbocycles. The van der Waals surface area contributed by atoms with Gasteiger partial charge in [-0.05, 0) is 125 Å². The van der Waals surface area contributed by atoms with Gasteiger partial charge in [0.15, 0.2) is 0 Å². The SMILES string of the molecule is C.CCc1cnc(Cl)nc1-c1cnn2ccccc12.CCc1cnc(Nc2cc([N+](=O)[O-])c(N(C)CCN(C)C)cc2C)nc1-c1cnn2ccccc12.Cc1cc(N(C)CCN(C)C)c([N+](=O)[O-])cc1N.F. The highest BCUT2D eigenvalue weighted by molar-refractivity contribution is 6.28. The monoisotopic (exact) mass is 1020 g/mol. The summed E-state index contributed by atoms with van der Waals surface area (Å²) >= 11 is 5.89. The number of aromatic nitrogens is 8. The maximum absolute atomic E-state index is 11.9. The Balaban J connectivity index is 0.000000257. The number of nitro groups is 2. The van der Waals surface area contributed by atoms with Crippen molar-refractivity contribution in [2.24, 2.45) is 0 Å². The van der Waals surface area contributed by atoms with Crippen LogP contribution in [0.2, 0.25) is 5.28 Å². The van der Waals surface area contributed by atoms with Crippen LogP contribution in [0, 0.1) is 34.1 Å². The number of anilines is 5. The number of nitro benzene ring substituents is 2. The summed E-state index contributed by atoms with van der Waals surface area (Å²) in [7, 11) is 11.6. The van der Waals surface area contributed by atoms with Gasteiger partial charge in [0.2, 0.25) is 11.2 Å². The Hall–Kier alpha value is -7.88. The van der Waals surface area contributed by atoms with Gasteiger partial charge >= 0.3 is 0 Å². The predicted molar refractivity (Wildman–Crippen MR) is 292 cm³/mol. The Morgan fingerprint density at radius 3 is 1.60 bits per heavy atom. The fraction of sp³-hybridized carbons (Fsp3) is 0.333. The zero-order valence-corrected chi connectivity index (χ0v) is 43.0. The molecule has 20 nitrogen and oxygen atoms in total. The first-order valence-electron chi connectivity index (χ1n) is 23.0. The predicted octanol–water partition coefficient (Wildman–Crippen LogP) is 9.59. The highest BCUT2D eigenvalue weighted by atomic mass is 35.5. The van der Waals surface area contributed by atoms with Crippen molar-refractivity contribution < 1.29 is 14.6 Å². The number of benzene rings is 2. The molecule has 6 heterocycles. The lowest BCUT2D eigenvalue weighted by Crippen LogP contribution is -2.29. The van der Waals surface area contributed by atoms with Crippen LogP contribution in [0.4, 0.5) is 44.8 Å². The number of halogens is 2. The first-order chi connectivity index (χ1) is 33.9. The molecule has 388 valence electrons. The number of hydrogen-bond acceptors (Lipinski definition) is 16. The largest absolute Gasteiger partial charge is 0.398 e. The normalized spacial score (nSPS) is 10.8. The molecule has 0 fully saturated rings. The molecule has 0 spiro atoms. The molecule has 0 saturated heterocycles. The van der Waals surface area contributed by atoms with E-state index in [0.29, 0.717) is 35.2 Å². The zero-order chi connectivity index (χ0) is 51.5. The molecule has 0 bridgehead atoms. The average molecular weight is 1020 g/mol. The number of likely N-dealkylation sites (N-methyl/N-ethyl adjacent to an activating group) is 4. The van der Waals surface area contributed by atoms with Crippen molar-refractivity contribution in [2.45, 2.75) is 48.0 Å². The number of hydrogen-bond donors (Lipinski definition) is 2. The number of rotatable bonds is 16. The Labute approximate surface area is 430 Å². The van der Waals surface area contributed by atoms with E-state index in [1.165, 1.54) is 6.07 Å². The number of nitrogens with zero attached hydrogens (tertiary/aromatic N) is 14. The van der Waals surface area contributed by atoms with Crippen molar-refractivity contribution in [2.75, 3.05) is 89.3 Å². The van der Waals surface area contributed by atoms with E-state index in [4.69, 9.17) is 22.3 Å². The Morgan fingerprint density at radius 1 is 0.658 bits per heavy atom. The van der Waals surface area contributed by atoms with Gasteiger partial charge in [0.25, 0.3) is 11.4 Å². The fourth-order valence-corrected chi connectivity index (χ4v) is 7.68. The van der Waals surface area contributed by atoms with Crippen LogP contribution in [0.5, 0.6) is 0 Å². The van der Waals surface area contributed by atoms with Crippen molar-refractivity contribution in [3.8, 4) is 22.5 Å². The van der Waals surface area contributed by atoms with Gasteiger partial charge < -0.3 is 30.7 Å². The summed E-state index contributed by atoms with van der Waals surface area (Å²) in [6.07, 6.45) is 12.6. The topological polar surface area (TPSA) is 223 Å².